The maximum absolute atomic E-state index is 5.07. The van der Waals surface area contributed by atoms with Gasteiger partial charge < -0.3 is 15.5 Å². The van der Waals surface area contributed by atoms with Crippen LogP contribution in [0.3, 0.4) is 0 Å². The van der Waals surface area contributed by atoms with E-state index in [-0.39, 0.29) is 6.04 Å². The predicted molar refractivity (Wildman–Crippen MR) is 71.4 cm³/mol. The SMILES string of the molecule is C/C(=C\C1C=C(NCc2cnccn2)NC=N1)ON. The van der Waals surface area contributed by atoms with Gasteiger partial charge in [-0.3, -0.25) is 15.0 Å². The Balaban J connectivity index is 1.94. The number of nitrogens with two attached hydrogens (primary N) is 1. The van der Waals surface area contributed by atoms with Crippen LogP contribution in [0.2, 0.25) is 0 Å². The molecule has 19 heavy (non-hydrogen) atoms. The highest BCUT2D eigenvalue weighted by atomic mass is 16.6. The summed E-state index contributed by atoms with van der Waals surface area (Å²) in [5.74, 6) is 6.54. The molecule has 7 nitrogen and oxygen atoms in total. The summed E-state index contributed by atoms with van der Waals surface area (Å²) in [6.45, 7) is 2.36. The second-order valence-electron chi connectivity index (χ2n) is 3.94. The van der Waals surface area contributed by atoms with E-state index in [4.69, 9.17) is 5.90 Å². The highest BCUT2D eigenvalue weighted by Crippen LogP contribution is 2.06. The molecule has 4 N–H and O–H groups in total. The minimum absolute atomic E-state index is 0.103. The molecule has 2 heterocycles. The van der Waals surface area contributed by atoms with Gasteiger partial charge in [-0.05, 0) is 19.1 Å². The smallest absolute Gasteiger partial charge is 0.119 e. The van der Waals surface area contributed by atoms with Crippen LogP contribution in [0.4, 0.5) is 0 Å². The van der Waals surface area contributed by atoms with Crippen LogP contribution in [0.1, 0.15) is 12.6 Å². The van der Waals surface area contributed by atoms with Crippen LogP contribution in [0.25, 0.3) is 0 Å². The molecule has 0 saturated carbocycles. The van der Waals surface area contributed by atoms with Gasteiger partial charge in [-0.25, -0.2) is 0 Å². The first kappa shape index (κ1) is 13.0. The fourth-order valence-corrected chi connectivity index (χ4v) is 1.54. The summed E-state index contributed by atoms with van der Waals surface area (Å²) in [6.07, 6.45) is 10.4. The zero-order chi connectivity index (χ0) is 13.5. The molecule has 0 amide bonds. The molecule has 2 rings (SSSR count). The van der Waals surface area contributed by atoms with Crippen LogP contribution in [-0.4, -0.2) is 22.3 Å². The van der Waals surface area contributed by atoms with Crippen molar-refractivity contribution in [2.45, 2.75) is 19.5 Å². The molecule has 0 saturated heterocycles. The molecule has 7 heteroatoms. The highest BCUT2D eigenvalue weighted by Gasteiger charge is 2.07. The molecule has 0 bridgehead atoms. The zero-order valence-electron chi connectivity index (χ0n) is 10.6. The summed E-state index contributed by atoms with van der Waals surface area (Å²) >= 11 is 0. The number of hydrogen-bond donors (Lipinski definition) is 3. The molecular weight excluding hydrogens is 244 g/mol. The monoisotopic (exact) mass is 260 g/mol. The van der Waals surface area contributed by atoms with Crippen molar-refractivity contribution in [1.29, 1.82) is 0 Å². The molecule has 1 aromatic rings. The van der Waals surface area contributed by atoms with Gasteiger partial charge in [0.2, 0.25) is 0 Å². The largest absolute Gasteiger partial charge is 0.417 e. The number of nitrogens with zero attached hydrogens (tertiary/aromatic N) is 3. The summed E-state index contributed by atoms with van der Waals surface area (Å²) in [5.41, 5.74) is 0.862. The van der Waals surface area contributed by atoms with Gasteiger partial charge in [-0.2, -0.15) is 5.90 Å². The fraction of sp³-hybridized carbons (Fsp3) is 0.250. The van der Waals surface area contributed by atoms with E-state index in [1.165, 1.54) is 0 Å². The summed E-state index contributed by atoms with van der Waals surface area (Å²) in [5, 5.41) is 6.23. The molecule has 1 aromatic heterocycles. The maximum atomic E-state index is 5.07. The topological polar surface area (TPSA) is 97.5 Å². The van der Waals surface area contributed by atoms with Crippen molar-refractivity contribution in [3.8, 4) is 0 Å². The first-order chi connectivity index (χ1) is 9.28. The van der Waals surface area contributed by atoms with Gasteiger partial charge in [0, 0.05) is 12.4 Å². The number of aliphatic imine (C=N–C) groups is 1. The number of allylic oxidation sites excluding steroid dienone is 1. The van der Waals surface area contributed by atoms with Crippen molar-refractivity contribution < 1.29 is 4.84 Å². The Morgan fingerprint density at radius 1 is 1.58 bits per heavy atom. The third kappa shape index (κ3) is 4.07. The molecule has 0 aromatic carbocycles. The van der Waals surface area contributed by atoms with E-state index in [0.717, 1.165) is 11.5 Å². The van der Waals surface area contributed by atoms with Crippen molar-refractivity contribution >= 4 is 6.34 Å². The van der Waals surface area contributed by atoms with Crippen LogP contribution < -0.4 is 16.5 Å². The number of aromatic nitrogens is 2. The lowest BCUT2D eigenvalue weighted by molar-refractivity contribution is 0.221. The third-order valence-corrected chi connectivity index (χ3v) is 2.47. The molecule has 0 spiro atoms. The quantitative estimate of drug-likeness (QED) is 0.517. The molecule has 1 aliphatic rings. The van der Waals surface area contributed by atoms with E-state index in [1.54, 1.807) is 31.9 Å². The van der Waals surface area contributed by atoms with Crippen molar-refractivity contribution in [2.75, 3.05) is 0 Å². The molecular formula is C12H16N6O. The van der Waals surface area contributed by atoms with Crippen LogP contribution in [-0.2, 0) is 11.4 Å². The van der Waals surface area contributed by atoms with E-state index in [9.17, 15) is 0 Å². The van der Waals surface area contributed by atoms with E-state index < -0.39 is 0 Å². The first-order valence-electron chi connectivity index (χ1n) is 5.82. The normalized spacial score (nSPS) is 18.5. The lowest BCUT2D eigenvalue weighted by Gasteiger charge is -2.16. The highest BCUT2D eigenvalue weighted by molar-refractivity contribution is 5.60. The lowest BCUT2D eigenvalue weighted by atomic mass is 10.2. The molecule has 100 valence electrons. The van der Waals surface area contributed by atoms with Crippen LogP contribution in [0, 0.1) is 0 Å². The van der Waals surface area contributed by atoms with Crippen molar-refractivity contribution in [3.63, 3.8) is 0 Å². The molecule has 1 unspecified atom stereocenters. The summed E-state index contributed by atoms with van der Waals surface area (Å²) in [6, 6.07) is -0.103. The average molecular weight is 260 g/mol. The average Bonchev–Trinajstić information content (AvgIpc) is 2.46. The van der Waals surface area contributed by atoms with E-state index >= 15 is 0 Å². The summed E-state index contributed by atoms with van der Waals surface area (Å²) in [4.78, 5) is 17.0. The number of nitrogens with one attached hydrogen (secondary N) is 2. The van der Waals surface area contributed by atoms with Crippen molar-refractivity contribution in [1.82, 2.24) is 20.6 Å². The van der Waals surface area contributed by atoms with Gasteiger partial charge in [0.1, 0.15) is 11.6 Å². The summed E-state index contributed by atoms with van der Waals surface area (Å²) < 4.78 is 0. The van der Waals surface area contributed by atoms with Crippen LogP contribution in [0.5, 0.6) is 0 Å². The molecule has 0 aliphatic carbocycles. The van der Waals surface area contributed by atoms with Crippen molar-refractivity contribution in [2.24, 2.45) is 10.9 Å². The van der Waals surface area contributed by atoms with Gasteiger partial charge in [-0.15, -0.1) is 0 Å². The van der Waals surface area contributed by atoms with Crippen LogP contribution in [0.15, 0.2) is 47.3 Å². The Morgan fingerprint density at radius 2 is 2.47 bits per heavy atom. The minimum Gasteiger partial charge on any atom is -0.417 e. The Hall–Kier alpha value is -2.41. The molecule has 0 fully saturated rings. The lowest BCUT2D eigenvalue weighted by Crippen LogP contribution is -2.30. The Morgan fingerprint density at radius 3 is 3.21 bits per heavy atom. The number of hydrogen-bond acceptors (Lipinski definition) is 7. The Labute approximate surface area is 111 Å². The van der Waals surface area contributed by atoms with Gasteiger partial charge in [-0.1, -0.05) is 0 Å². The first-order valence-corrected chi connectivity index (χ1v) is 5.82. The van der Waals surface area contributed by atoms with Gasteiger partial charge in [0.05, 0.1) is 30.8 Å². The second-order valence-corrected chi connectivity index (χ2v) is 3.94. The van der Waals surface area contributed by atoms with Gasteiger partial charge >= 0.3 is 0 Å². The van der Waals surface area contributed by atoms with Crippen LogP contribution >= 0.6 is 0 Å². The van der Waals surface area contributed by atoms with Crippen molar-refractivity contribution in [3.05, 3.63) is 48.0 Å². The molecule has 1 atom stereocenters. The minimum atomic E-state index is -0.103. The standard InChI is InChI=1S/C12H16N6O/c1-9(19-13)4-10-5-12(18-8-17-10)16-7-11-6-14-2-3-15-11/h2-6,8,10,16H,7,13H2,1H3,(H,17,18)/b9-4+. The Kier molecular flexibility index (Phi) is 4.46. The second kappa shape index (κ2) is 6.50. The molecule has 1 aliphatic heterocycles. The predicted octanol–water partition coefficient (Wildman–Crippen LogP) is 0.202. The fourth-order valence-electron chi connectivity index (χ4n) is 1.54. The van der Waals surface area contributed by atoms with Gasteiger partial charge in [0.15, 0.2) is 0 Å². The zero-order valence-corrected chi connectivity index (χ0v) is 10.6. The summed E-state index contributed by atoms with van der Waals surface area (Å²) in [7, 11) is 0. The number of rotatable bonds is 5. The molecule has 0 radical (unpaired) electrons. The third-order valence-electron chi connectivity index (χ3n) is 2.47. The van der Waals surface area contributed by atoms with Gasteiger partial charge in [0.25, 0.3) is 0 Å². The maximum Gasteiger partial charge on any atom is 0.119 e. The Bertz CT molecular complexity index is 496. The van der Waals surface area contributed by atoms with E-state index in [2.05, 4.69) is 30.4 Å². The van der Waals surface area contributed by atoms with E-state index in [1.807, 2.05) is 12.2 Å². The van der Waals surface area contributed by atoms with E-state index in [0.29, 0.717) is 12.3 Å².